The van der Waals surface area contributed by atoms with E-state index < -0.39 is 10.0 Å². The quantitative estimate of drug-likeness (QED) is 0.585. The number of aromatic nitrogens is 2. The van der Waals surface area contributed by atoms with Gasteiger partial charge in [-0.25, -0.2) is 8.42 Å². The predicted octanol–water partition coefficient (Wildman–Crippen LogP) is 4.06. The standard InChI is InChI=1S/C17H13N3O3S2/c1-11-4-5-12-3-2-9-18-17(12)16(11)20-25(21,22)15-7-6-14(24-15)13-8-10-23-19-13/h2-10,20H,1H3. The highest BCUT2D eigenvalue weighted by Gasteiger charge is 2.20. The number of sulfonamides is 1. The van der Waals surface area contributed by atoms with Crippen molar-refractivity contribution in [3.8, 4) is 10.6 Å². The van der Waals surface area contributed by atoms with Gasteiger partial charge in [0.05, 0.1) is 16.1 Å². The van der Waals surface area contributed by atoms with Crippen molar-refractivity contribution in [1.29, 1.82) is 0 Å². The van der Waals surface area contributed by atoms with Crippen LogP contribution in [-0.4, -0.2) is 18.6 Å². The molecule has 0 radical (unpaired) electrons. The van der Waals surface area contributed by atoms with Gasteiger partial charge in [0.1, 0.15) is 16.2 Å². The van der Waals surface area contributed by atoms with Gasteiger partial charge in [0.15, 0.2) is 0 Å². The first-order valence-corrected chi connectivity index (χ1v) is 9.72. The van der Waals surface area contributed by atoms with Gasteiger partial charge in [0, 0.05) is 17.6 Å². The van der Waals surface area contributed by atoms with Crippen molar-refractivity contribution in [3.05, 3.63) is 60.5 Å². The van der Waals surface area contributed by atoms with Gasteiger partial charge in [-0.2, -0.15) is 0 Å². The highest BCUT2D eigenvalue weighted by atomic mass is 32.2. The zero-order valence-electron chi connectivity index (χ0n) is 13.1. The van der Waals surface area contributed by atoms with Gasteiger partial charge < -0.3 is 4.52 Å². The van der Waals surface area contributed by atoms with Crippen molar-refractivity contribution >= 4 is 38.0 Å². The number of hydrogen-bond donors (Lipinski definition) is 1. The number of pyridine rings is 1. The third-order valence-electron chi connectivity index (χ3n) is 3.76. The average Bonchev–Trinajstić information content (AvgIpc) is 3.28. The molecule has 0 amide bonds. The van der Waals surface area contributed by atoms with Crippen LogP contribution in [0.5, 0.6) is 0 Å². The molecule has 3 heterocycles. The average molecular weight is 371 g/mol. The van der Waals surface area contributed by atoms with E-state index in [-0.39, 0.29) is 4.21 Å². The molecule has 8 heteroatoms. The Morgan fingerprint density at radius 3 is 2.80 bits per heavy atom. The Morgan fingerprint density at radius 2 is 2.00 bits per heavy atom. The molecule has 0 aliphatic rings. The van der Waals surface area contributed by atoms with E-state index in [0.717, 1.165) is 27.2 Å². The SMILES string of the molecule is Cc1ccc2cccnc2c1NS(=O)(=O)c1ccc(-c2ccon2)s1. The molecule has 6 nitrogen and oxygen atoms in total. The van der Waals surface area contributed by atoms with Crippen molar-refractivity contribution in [1.82, 2.24) is 10.1 Å². The zero-order valence-corrected chi connectivity index (χ0v) is 14.8. The first-order chi connectivity index (χ1) is 12.0. The number of fused-ring (bicyclic) bond motifs is 1. The molecule has 1 N–H and O–H groups in total. The number of rotatable bonds is 4. The molecule has 0 saturated heterocycles. The first-order valence-electron chi connectivity index (χ1n) is 7.42. The van der Waals surface area contributed by atoms with E-state index in [1.807, 2.05) is 31.2 Å². The lowest BCUT2D eigenvalue weighted by molar-refractivity contribution is 0.422. The molecule has 4 rings (SSSR count). The maximum atomic E-state index is 12.8. The lowest BCUT2D eigenvalue weighted by Gasteiger charge is -2.11. The second-order valence-electron chi connectivity index (χ2n) is 5.44. The normalized spacial score (nSPS) is 11.7. The lowest BCUT2D eigenvalue weighted by Crippen LogP contribution is -2.13. The Bertz CT molecular complexity index is 1150. The van der Waals surface area contributed by atoms with Crippen molar-refractivity contribution < 1.29 is 12.9 Å². The number of hydrogen-bond acceptors (Lipinski definition) is 6. The van der Waals surface area contributed by atoms with Crippen LogP contribution in [0.15, 0.2) is 63.7 Å². The largest absolute Gasteiger partial charge is 0.364 e. The van der Waals surface area contributed by atoms with Crippen molar-refractivity contribution in [2.45, 2.75) is 11.1 Å². The molecule has 0 spiro atoms. The summed E-state index contributed by atoms with van der Waals surface area (Å²) in [6, 6.07) is 12.5. The third kappa shape index (κ3) is 2.90. The van der Waals surface area contributed by atoms with Crippen LogP contribution in [0.4, 0.5) is 5.69 Å². The van der Waals surface area contributed by atoms with Crippen LogP contribution in [0.25, 0.3) is 21.5 Å². The number of benzene rings is 1. The Labute approximate surface area is 148 Å². The molecular weight excluding hydrogens is 358 g/mol. The highest BCUT2D eigenvalue weighted by molar-refractivity contribution is 7.94. The first kappa shape index (κ1) is 15.8. The van der Waals surface area contributed by atoms with Crippen LogP contribution in [0, 0.1) is 6.92 Å². The summed E-state index contributed by atoms with van der Waals surface area (Å²) in [7, 11) is -3.73. The molecule has 0 bridgehead atoms. The molecule has 4 aromatic rings. The second-order valence-corrected chi connectivity index (χ2v) is 8.43. The van der Waals surface area contributed by atoms with E-state index in [1.165, 1.54) is 6.26 Å². The number of aryl methyl sites for hydroxylation is 1. The molecule has 1 aromatic carbocycles. The fraction of sp³-hybridized carbons (Fsp3) is 0.0588. The Hall–Kier alpha value is -2.71. The Morgan fingerprint density at radius 1 is 1.12 bits per heavy atom. The fourth-order valence-corrected chi connectivity index (χ4v) is 4.91. The Balaban J connectivity index is 1.74. The van der Waals surface area contributed by atoms with Crippen LogP contribution in [0.2, 0.25) is 0 Å². The molecular formula is C17H13N3O3S2. The summed E-state index contributed by atoms with van der Waals surface area (Å²) in [4.78, 5) is 5.04. The van der Waals surface area contributed by atoms with E-state index in [4.69, 9.17) is 4.52 Å². The number of nitrogens with one attached hydrogen (secondary N) is 1. The van der Waals surface area contributed by atoms with Crippen molar-refractivity contribution in [2.75, 3.05) is 4.72 Å². The topological polar surface area (TPSA) is 85.1 Å². The van der Waals surface area contributed by atoms with Gasteiger partial charge in [-0.15, -0.1) is 11.3 Å². The van der Waals surface area contributed by atoms with Gasteiger partial charge in [0.25, 0.3) is 10.0 Å². The van der Waals surface area contributed by atoms with Gasteiger partial charge in [0.2, 0.25) is 0 Å². The van der Waals surface area contributed by atoms with Crippen molar-refractivity contribution in [2.24, 2.45) is 0 Å². The second kappa shape index (κ2) is 5.98. The van der Waals surface area contributed by atoms with Crippen LogP contribution in [-0.2, 0) is 10.0 Å². The molecule has 0 aliphatic carbocycles. The van der Waals surface area contributed by atoms with Gasteiger partial charge >= 0.3 is 0 Å². The minimum atomic E-state index is -3.73. The fourth-order valence-electron chi connectivity index (χ4n) is 2.50. The monoisotopic (exact) mass is 371 g/mol. The zero-order chi connectivity index (χ0) is 17.4. The highest BCUT2D eigenvalue weighted by Crippen LogP contribution is 2.32. The Kier molecular flexibility index (Phi) is 3.78. The molecule has 0 saturated carbocycles. The molecule has 0 atom stereocenters. The van der Waals surface area contributed by atoms with Crippen molar-refractivity contribution in [3.63, 3.8) is 0 Å². The third-order valence-corrected chi connectivity index (χ3v) is 6.71. The number of anilines is 1. The lowest BCUT2D eigenvalue weighted by atomic mass is 10.1. The maximum absolute atomic E-state index is 12.8. The van der Waals surface area contributed by atoms with Gasteiger partial charge in [-0.1, -0.05) is 23.4 Å². The summed E-state index contributed by atoms with van der Waals surface area (Å²) in [5.74, 6) is 0. The summed E-state index contributed by atoms with van der Waals surface area (Å²) in [5, 5.41) is 4.71. The van der Waals surface area contributed by atoms with Crippen LogP contribution in [0.1, 0.15) is 5.56 Å². The van der Waals surface area contributed by atoms with Crippen LogP contribution >= 0.6 is 11.3 Å². The van der Waals surface area contributed by atoms with E-state index in [2.05, 4.69) is 14.9 Å². The van der Waals surface area contributed by atoms with E-state index in [0.29, 0.717) is 16.9 Å². The van der Waals surface area contributed by atoms with E-state index in [9.17, 15) is 8.42 Å². The number of thiophene rings is 1. The molecule has 3 aromatic heterocycles. The molecule has 25 heavy (non-hydrogen) atoms. The van der Waals surface area contributed by atoms with E-state index >= 15 is 0 Å². The molecule has 126 valence electrons. The number of nitrogens with zero attached hydrogens (tertiary/aromatic N) is 2. The minimum Gasteiger partial charge on any atom is -0.364 e. The predicted molar refractivity (Wildman–Crippen MR) is 97.1 cm³/mol. The smallest absolute Gasteiger partial charge is 0.271 e. The van der Waals surface area contributed by atoms with Gasteiger partial charge in [-0.3, -0.25) is 9.71 Å². The molecule has 0 aliphatic heterocycles. The summed E-state index contributed by atoms with van der Waals surface area (Å²) in [6.07, 6.45) is 3.10. The minimum absolute atomic E-state index is 0.206. The summed E-state index contributed by atoms with van der Waals surface area (Å²) >= 11 is 1.13. The maximum Gasteiger partial charge on any atom is 0.271 e. The molecule has 0 unspecified atom stereocenters. The van der Waals surface area contributed by atoms with Crippen LogP contribution < -0.4 is 4.72 Å². The van der Waals surface area contributed by atoms with E-state index in [1.54, 1.807) is 24.4 Å². The summed E-state index contributed by atoms with van der Waals surface area (Å²) in [6.45, 7) is 1.85. The van der Waals surface area contributed by atoms with Gasteiger partial charge in [-0.05, 0) is 30.7 Å². The summed E-state index contributed by atoms with van der Waals surface area (Å²) in [5.41, 5.74) is 2.53. The van der Waals surface area contributed by atoms with Crippen LogP contribution in [0.3, 0.4) is 0 Å². The molecule has 0 fully saturated rings. The summed E-state index contributed by atoms with van der Waals surface area (Å²) < 4.78 is 33.3.